The smallest absolute Gasteiger partial charge is 0.267 e. The highest BCUT2D eigenvalue weighted by atomic mass is 32.2. The van der Waals surface area contributed by atoms with Crippen molar-refractivity contribution in [2.45, 2.75) is 24.2 Å². The SMILES string of the molecule is O=C(N/N=C\c1ccccn1)c1cccc(S(=O)(=O)N2CCCCC2)c1. The van der Waals surface area contributed by atoms with E-state index in [1.165, 1.54) is 22.7 Å². The van der Waals surface area contributed by atoms with Gasteiger partial charge in [-0.3, -0.25) is 9.78 Å². The summed E-state index contributed by atoms with van der Waals surface area (Å²) < 4.78 is 26.9. The van der Waals surface area contributed by atoms with Gasteiger partial charge in [0, 0.05) is 24.8 Å². The Hall–Kier alpha value is -2.58. The number of pyridine rings is 1. The second kappa shape index (κ2) is 8.20. The molecule has 2 heterocycles. The molecule has 2 aromatic rings. The summed E-state index contributed by atoms with van der Waals surface area (Å²) in [5, 5.41) is 3.85. The zero-order valence-corrected chi connectivity index (χ0v) is 15.0. The maximum absolute atomic E-state index is 12.7. The summed E-state index contributed by atoms with van der Waals surface area (Å²) in [6.07, 6.45) is 5.82. The first-order valence-corrected chi connectivity index (χ1v) is 9.86. The van der Waals surface area contributed by atoms with Crippen molar-refractivity contribution >= 4 is 22.1 Å². The summed E-state index contributed by atoms with van der Waals surface area (Å²) in [6.45, 7) is 1.04. The molecule has 1 saturated heterocycles. The Labute approximate surface area is 152 Å². The number of nitrogens with one attached hydrogen (secondary N) is 1. The highest BCUT2D eigenvalue weighted by molar-refractivity contribution is 7.89. The number of hydrogen-bond acceptors (Lipinski definition) is 5. The van der Waals surface area contributed by atoms with Gasteiger partial charge in [-0.15, -0.1) is 0 Å². The van der Waals surface area contributed by atoms with Crippen LogP contribution in [0.5, 0.6) is 0 Å². The van der Waals surface area contributed by atoms with Gasteiger partial charge in [-0.25, -0.2) is 13.8 Å². The third-order valence-corrected chi connectivity index (χ3v) is 5.99. The number of hydrazone groups is 1. The van der Waals surface area contributed by atoms with Crippen LogP contribution in [0.15, 0.2) is 58.7 Å². The second-order valence-corrected chi connectivity index (χ2v) is 7.88. The maximum atomic E-state index is 12.7. The molecule has 1 amide bonds. The standard InChI is InChI=1S/C18H20N4O3S/c23-18(21-20-14-16-8-2-3-10-19-16)15-7-6-9-17(13-15)26(24,25)22-11-4-1-5-12-22/h2-3,6-10,13-14H,1,4-5,11-12H2,(H,21,23)/b20-14-. The molecule has 7 nitrogen and oxygen atoms in total. The van der Waals surface area contributed by atoms with Crippen molar-refractivity contribution in [1.29, 1.82) is 0 Å². The van der Waals surface area contributed by atoms with E-state index in [2.05, 4.69) is 15.5 Å². The lowest BCUT2D eigenvalue weighted by Crippen LogP contribution is -2.35. The lowest BCUT2D eigenvalue weighted by Gasteiger charge is -2.25. The minimum atomic E-state index is -3.58. The van der Waals surface area contributed by atoms with Crippen LogP contribution >= 0.6 is 0 Å². The van der Waals surface area contributed by atoms with E-state index in [-0.39, 0.29) is 10.5 Å². The number of amides is 1. The normalized spacial score (nSPS) is 15.8. The largest absolute Gasteiger partial charge is 0.271 e. The molecule has 0 spiro atoms. The zero-order chi connectivity index (χ0) is 18.4. The average molecular weight is 372 g/mol. The van der Waals surface area contributed by atoms with Crippen molar-refractivity contribution in [3.63, 3.8) is 0 Å². The molecule has 0 saturated carbocycles. The summed E-state index contributed by atoms with van der Waals surface area (Å²) in [4.78, 5) is 16.4. The van der Waals surface area contributed by atoms with Crippen LogP contribution < -0.4 is 5.43 Å². The fourth-order valence-corrected chi connectivity index (χ4v) is 4.29. The predicted molar refractivity (Wildman–Crippen MR) is 98.3 cm³/mol. The van der Waals surface area contributed by atoms with Gasteiger partial charge in [-0.1, -0.05) is 18.6 Å². The summed E-state index contributed by atoms with van der Waals surface area (Å²) >= 11 is 0. The minimum absolute atomic E-state index is 0.126. The van der Waals surface area contributed by atoms with Gasteiger partial charge in [0.1, 0.15) is 0 Å². The molecule has 0 bridgehead atoms. The number of rotatable bonds is 5. The number of carbonyl (C=O) groups excluding carboxylic acids is 1. The van der Waals surface area contributed by atoms with Crippen molar-refractivity contribution in [3.8, 4) is 0 Å². The Bertz CT molecular complexity index is 892. The summed E-state index contributed by atoms with van der Waals surface area (Å²) in [5.74, 6) is -0.479. The molecule has 1 aliphatic rings. The van der Waals surface area contributed by atoms with Crippen LogP contribution in [0.4, 0.5) is 0 Å². The summed E-state index contributed by atoms with van der Waals surface area (Å²) in [5.41, 5.74) is 3.23. The number of piperidine rings is 1. The molecule has 8 heteroatoms. The van der Waals surface area contributed by atoms with Crippen molar-refractivity contribution in [2.24, 2.45) is 5.10 Å². The lowest BCUT2D eigenvalue weighted by molar-refractivity contribution is 0.0955. The molecule has 3 rings (SSSR count). The molecule has 1 aromatic heterocycles. The van der Waals surface area contributed by atoms with Crippen molar-refractivity contribution in [1.82, 2.24) is 14.7 Å². The van der Waals surface area contributed by atoms with Gasteiger partial charge < -0.3 is 0 Å². The second-order valence-electron chi connectivity index (χ2n) is 5.95. The fraction of sp³-hybridized carbons (Fsp3) is 0.278. The molecule has 1 N–H and O–H groups in total. The van der Waals surface area contributed by atoms with E-state index < -0.39 is 15.9 Å². The first kappa shape index (κ1) is 18.2. The van der Waals surface area contributed by atoms with Gasteiger partial charge in [0.15, 0.2) is 0 Å². The number of hydrogen-bond donors (Lipinski definition) is 1. The van der Waals surface area contributed by atoms with E-state index in [0.717, 1.165) is 19.3 Å². The zero-order valence-electron chi connectivity index (χ0n) is 14.2. The number of benzene rings is 1. The van der Waals surface area contributed by atoms with Gasteiger partial charge in [-0.2, -0.15) is 9.41 Å². The Morgan fingerprint density at radius 1 is 1.12 bits per heavy atom. The van der Waals surface area contributed by atoms with Crippen LogP contribution in [0.1, 0.15) is 35.3 Å². The van der Waals surface area contributed by atoms with Crippen LogP contribution in [-0.2, 0) is 10.0 Å². The fourth-order valence-electron chi connectivity index (χ4n) is 2.73. The average Bonchev–Trinajstić information content (AvgIpc) is 2.69. The van der Waals surface area contributed by atoms with E-state index in [9.17, 15) is 13.2 Å². The van der Waals surface area contributed by atoms with E-state index >= 15 is 0 Å². The number of nitrogens with zero attached hydrogens (tertiary/aromatic N) is 3. The first-order valence-electron chi connectivity index (χ1n) is 8.42. The molecule has 1 fully saturated rings. The van der Waals surface area contributed by atoms with Crippen LogP contribution in [0.25, 0.3) is 0 Å². The van der Waals surface area contributed by atoms with E-state index in [0.29, 0.717) is 18.8 Å². The van der Waals surface area contributed by atoms with E-state index in [1.54, 1.807) is 30.5 Å². The Kier molecular flexibility index (Phi) is 5.75. The van der Waals surface area contributed by atoms with Gasteiger partial charge in [0.2, 0.25) is 10.0 Å². The Morgan fingerprint density at radius 3 is 2.65 bits per heavy atom. The van der Waals surface area contributed by atoms with Crippen molar-refractivity contribution < 1.29 is 13.2 Å². The van der Waals surface area contributed by atoms with Crippen molar-refractivity contribution in [2.75, 3.05) is 13.1 Å². The Morgan fingerprint density at radius 2 is 1.92 bits per heavy atom. The number of carbonyl (C=O) groups is 1. The first-order chi connectivity index (χ1) is 12.6. The van der Waals surface area contributed by atoms with Crippen molar-refractivity contribution in [3.05, 3.63) is 59.9 Å². The summed E-state index contributed by atoms with van der Waals surface area (Å²) in [7, 11) is -3.58. The third kappa shape index (κ3) is 4.33. The van der Waals surface area contributed by atoms with Gasteiger partial charge in [0.05, 0.1) is 16.8 Å². The third-order valence-electron chi connectivity index (χ3n) is 4.10. The highest BCUT2D eigenvalue weighted by Gasteiger charge is 2.26. The highest BCUT2D eigenvalue weighted by Crippen LogP contribution is 2.21. The molecule has 0 atom stereocenters. The molecule has 26 heavy (non-hydrogen) atoms. The molecule has 0 aliphatic carbocycles. The minimum Gasteiger partial charge on any atom is -0.267 e. The van der Waals surface area contributed by atoms with Crippen LogP contribution in [-0.4, -0.2) is 42.9 Å². The van der Waals surface area contributed by atoms with E-state index in [1.807, 2.05) is 6.07 Å². The molecule has 0 radical (unpaired) electrons. The number of aromatic nitrogens is 1. The van der Waals surface area contributed by atoms with E-state index in [4.69, 9.17) is 0 Å². The topological polar surface area (TPSA) is 91.7 Å². The summed E-state index contributed by atoms with van der Waals surface area (Å²) in [6, 6.07) is 11.4. The monoisotopic (exact) mass is 372 g/mol. The number of sulfonamides is 1. The molecular formula is C18H20N4O3S. The van der Waals surface area contributed by atoms with Crippen LogP contribution in [0.3, 0.4) is 0 Å². The molecular weight excluding hydrogens is 352 g/mol. The molecule has 1 aromatic carbocycles. The van der Waals surface area contributed by atoms with Gasteiger partial charge >= 0.3 is 0 Å². The quantitative estimate of drug-likeness (QED) is 0.642. The molecule has 136 valence electrons. The molecule has 1 aliphatic heterocycles. The van der Waals surface area contributed by atoms with Gasteiger partial charge in [0.25, 0.3) is 5.91 Å². The van der Waals surface area contributed by atoms with Crippen LogP contribution in [0, 0.1) is 0 Å². The van der Waals surface area contributed by atoms with Crippen LogP contribution in [0.2, 0.25) is 0 Å². The van der Waals surface area contributed by atoms with Gasteiger partial charge in [-0.05, 0) is 43.2 Å². The predicted octanol–water partition coefficient (Wildman–Crippen LogP) is 2.02. The molecule has 0 unspecified atom stereocenters. The Balaban J connectivity index is 1.72. The lowest BCUT2D eigenvalue weighted by atomic mass is 10.2. The maximum Gasteiger partial charge on any atom is 0.271 e.